The molecule has 1 aromatic heterocycles. The molecule has 2 N–H and O–H groups in total. The number of benzene rings is 1. The molecule has 2 aromatic rings. The number of carboxylic acid groups (broad SMARTS) is 1. The van der Waals surface area contributed by atoms with E-state index in [9.17, 15) is 14.7 Å². The average Bonchev–Trinajstić information content (AvgIpc) is 3.21. The number of carbonyl (C=O) groups excluding carboxylic acids is 1. The SMILES string of the molecule is O=C(CCCc1nc(C2CC2)no1)NC(C(=O)O)c1ccc2c(c1)CCO2. The summed E-state index contributed by atoms with van der Waals surface area (Å²) in [5.74, 6) is 1.08. The van der Waals surface area contributed by atoms with Gasteiger partial charge in [0.1, 0.15) is 5.75 Å². The van der Waals surface area contributed by atoms with Crippen molar-refractivity contribution in [1.82, 2.24) is 15.5 Å². The number of rotatable bonds is 8. The molecule has 1 amide bonds. The van der Waals surface area contributed by atoms with E-state index < -0.39 is 12.0 Å². The Balaban J connectivity index is 1.31. The van der Waals surface area contributed by atoms with Gasteiger partial charge in [0.05, 0.1) is 6.61 Å². The maximum absolute atomic E-state index is 12.2. The molecule has 1 unspecified atom stereocenters. The van der Waals surface area contributed by atoms with Crippen molar-refractivity contribution < 1.29 is 24.0 Å². The molecule has 2 heterocycles. The van der Waals surface area contributed by atoms with Gasteiger partial charge in [0.2, 0.25) is 11.8 Å². The van der Waals surface area contributed by atoms with Crippen molar-refractivity contribution in [3.05, 3.63) is 41.0 Å². The van der Waals surface area contributed by atoms with Crippen molar-refractivity contribution in [3.8, 4) is 5.75 Å². The summed E-state index contributed by atoms with van der Waals surface area (Å²) in [7, 11) is 0. The van der Waals surface area contributed by atoms with Crippen LogP contribution in [-0.4, -0.2) is 33.7 Å². The highest BCUT2D eigenvalue weighted by Gasteiger charge is 2.29. The molecule has 27 heavy (non-hydrogen) atoms. The lowest BCUT2D eigenvalue weighted by atomic mass is 10.0. The summed E-state index contributed by atoms with van der Waals surface area (Å²) >= 11 is 0. The second kappa shape index (κ2) is 7.38. The lowest BCUT2D eigenvalue weighted by Gasteiger charge is -2.15. The van der Waals surface area contributed by atoms with Crippen molar-refractivity contribution in [1.29, 1.82) is 0 Å². The maximum Gasteiger partial charge on any atom is 0.330 e. The molecule has 0 bridgehead atoms. The highest BCUT2D eigenvalue weighted by Crippen LogP contribution is 2.38. The first-order valence-electron chi connectivity index (χ1n) is 9.20. The minimum atomic E-state index is -1.09. The van der Waals surface area contributed by atoms with E-state index in [1.54, 1.807) is 18.2 Å². The van der Waals surface area contributed by atoms with Crippen LogP contribution >= 0.6 is 0 Å². The highest BCUT2D eigenvalue weighted by molar-refractivity contribution is 5.84. The predicted molar refractivity (Wildman–Crippen MR) is 93.4 cm³/mol. The number of aryl methyl sites for hydroxylation is 1. The fourth-order valence-electron chi connectivity index (χ4n) is 3.18. The number of amides is 1. The standard InChI is InChI=1S/C19H21N3O5/c23-15(2-1-3-16-21-18(22-27-16)11-4-5-11)20-17(19(24)25)13-6-7-14-12(10-13)8-9-26-14/h6-7,10-11,17H,1-5,8-9H2,(H,20,23)(H,24,25). The molecule has 0 radical (unpaired) electrons. The van der Waals surface area contributed by atoms with Crippen LogP contribution in [0.1, 0.15) is 60.5 Å². The third kappa shape index (κ3) is 4.10. The molecule has 1 aromatic carbocycles. The second-order valence-corrected chi connectivity index (χ2v) is 6.98. The number of aliphatic carboxylic acids is 1. The number of hydrogen-bond acceptors (Lipinski definition) is 6. The smallest absolute Gasteiger partial charge is 0.330 e. The Bertz CT molecular complexity index is 859. The molecule has 142 valence electrons. The fraction of sp³-hybridized carbons (Fsp3) is 0.474. The highest BCUT2D eigenvalue weighted by atomic mass is 16.5. The van der Waals surface area contributed by atoms with Crippen molar-refractivity contribution >= 4 is 11.9 Å². The number of nitrogens with zero attached hydrogens (tertiary/aromatic N) is 2. The molecule has 8 heteroatoms. The van der Waals surface area contributed by atoms with E-state index in [4.69, 9.17) is 9.26 Å². The summed E-state index contributed by atoms with van der Waals surface area (Å²) in [6.07, 6.45) is 4.17. The summed E-state index contributed by atoms with van der Waals surface area (Å²) in [4.78, 5) is 28.2. The van der Waals surface area contributed by atoms with Crippen LogP contribution in [0.15, 0.2) is 22.7 Å². The van der Waals surface area contributed by atoms with Crippen LogP contribution in [0.25, 0.3) is 0 Å². The van der Waals surface area contributed by atoms with Crippen LogP contribution in [0.3, 0.4) is 0 Å². The first kappa shape index (κ1) is 17.5. The zero-order valence-corrected chi connectivity index (χ0v) is 14.8. The molecular formula is C19H21N3O5. The van der Waals surface area contributed by atoms with Crippen LogP contribution in [0.5, 0.6) is 5.75 Å². The second-order valence-electron chi connectivity index (χ2n) is 6.98. The number of nitrogens with one attached hydrogen (secondary N) is 1. The first-order valence-corrected chi connectivity index (χ1v) is 9.20. The number of carbonyl (C=O) groups is 2. The van der Waals surface area contributed by atoms with Gasteiger partial charge >= 0.3 is 5.97 Å². The maximum atomic E-state index is 12.2. The summed E-state index contributed by atoms with van der Waals surface area (Å²) in [5, 5.41) is 16.0. The Hall–Kier alpha value is -2.90. The quantitative estimate of drug-likeness (QED) is 0.730. The largest absolute Gasteiger partial charge is 0.493 e. The van der Waals surface area contributed by atoms with E-state index in [-0.39, 0.29) is 12.3 Å². The van der Waals surface area contributed by atoms with E-state index in [2.05, 4.69) is 15.5 Å². The Morgan fingerprint density at radius 1 is 1.33 bits per heavy atom. The van der Waals surface area contributed by atoms with Crippen LogP contribution in [-0.2, 0) is 22.4 Å². The number of aromatic nitrogens is 2. The first-order chi connectivity index (χ1) is 13.1. The minimum Gasteiger partial charge on any atom is -0.493 e. The van der Waals surface area contributed by atoms with Crippen LogP contribution in [0.4, 0.5) is 0 Å². The van der Waals surface area contributed by atoms with Gasteiger partial charge in [0.25, 0.3) is 0 Å². The number of fused-ring (bicyclic) bond motifs is 1. The Labute approximate surface area is 155 Å². The van der Waals surface area contributed by atoms with Crippen LogP contribution in [0, 0.1) is 0 Å². The molecule has 8 nitrogen and oxygen atoms in total. The average molecular weight is 371 g/mol. The van der Waals surface area contributed by atoms with Crippen molar-refractivity contribution in [2.75, 3.05) is 6.61 Å². The molecule has 1 aliphatic heterocycles. The molecule has 1 aliphatic carbocycles. The molecule has 0 saturated heterocycles. The van der Waals surface area contributed by atoms with E-state index >= 15 is 0 Å². The van der Waals surface area contributed by atoms with E-state index in [1.165, 1.54) is 0 Å². The topological polar surface area (TPSA) is 115 Å². The monoisotopic (exact) mass is 371 g/mol. The third-order valence-electron chi connectivity index (χ3n) is 4.82. The lowest BCUT2D eigenvalue weighted by Crippen LogP contribution is -2.33. The van der Waals surface area contributed by atoms with Gasteiger partial charge in [-0.1, -0.05) is 11.2 Å². The summed E-state index contributed by atoms with van der Waals surface area (Å²) in [5.41, 5.74) is 1.52. The Kier molecular flexibility index (Phi) is 4.79. The van der Waals surface area contributed by atoms with Gasteiger partial charge in [-0.3, -0.25) is 4.79 Å². The fourth-order valence-corrected chi connectivity index (χ4v) is 3.18. The molecule has 4 rings (SSSR count). The van der Waals surface area contributed by atoms with Gasteiger partial charge in [-0.25, -0.2) is 4.79 Å². The molecule has 1 saturated carbocycles. The summed E-state index contributed by atoms with van der Waals surface area (Å²) in [6, 6.07) is 4.15. The van der Waals surface area contributed by atoms with Gasteiger partial charge < -0.3 is 19.7 Å². The van der Waals surface area contributed by atoms with Gasteiger partial charge in [-0.2, -0.15) is 4.98 Å². The van der Waals surface area contributed by atoms with Gasteiger partial charge in [0, 0.05) is 25.2 Å². The number of carboxylic acids is 1. The number of ether oxygens (including phenoxy) is 1. The molecular weight excluding hydrogens is 350 g/mol. The molecule has 2 aliphatic rings. The van der Waals surface area contributed by atoms with Crippen LogP contribution < -0.4 is 10.1 Å². The van der Waals surface area contributed by atoms with E-state index in [0.717, 1.165) is 36.4 Å². The zero-order valence-electron chi connectivity index (χ0n) is 14.8. The molecule has 1 fully saturated rings. The van der Waals surface area contributed by atoms with Crippen molar-refractivity contribution in [2.24, 2.45) is 0 Å². The van der Waals surface area contributed by atoms with Crippen molar-refractivity contribution in [3.63, 3.8) is 0 Å². The summed E-state index contributed by atoms with van der Waals surface area (Å²) in [6.45, 7) is 0.598. The van der Waals surface area contributed by atoms with Gasteiger partial charge in [-0.05, 0) is 42.5 Å². The predicted octanol–water partition coefficient (Wildman–Crippen LogP) is 2.15. The molecule has 0 spiro atoms. The van der Waals surface area contributed by atoms with Crippen LogP contribution in [0.2, 0.25) is 0 Å². The van der Waals surface area contributed by atoms with Gasteiger partial charge in [-0.15, -0.1) is 0 Å². The van der Waals surface area contributed by atoms with Crippen molar-refractivity contribution in [2.45, 2.75) is 50.5 Å². The minimum absolute atomic E-state index is 0.193. The van der Waals surface area contributed by atoms with Gasteiger partial charge in [0.15, 0.2) is 11.9 Å². The number of hydrogen-bond donors (Lipinski definition) is 2. The zero-order chi connectivity index (χ0) is 18.8. The lowest BCUT2D eigenvalue weighted by molar-refractivity contribution is -0.142. The Morgan fingerprint density at radius 2 is 2.19 bits per heavy atom. The third-order valence-corrected chi connectivity index (χ3v) is 4.82. The Morgan fingerprint density at radius 3 is 2.96 bits per heavy atom. The van der Waals surface area contributed by atoms with E-state index in [1.807, 2.05) is 0 Å². The summed E-state index contributed by atoms with van der Waals surface area (Å²) < 4.78 is 10.6. The van der Waals surface area contributed by atoms with E-state index in [0.29, 0.717) is 36.8 Å². The normalized spacial score (nSPS) is 16.4. The molecule has 1 atom stereocenters.